The predicted molar refractivity (Wildman–Crippen MR) is 138 cm³/mol. The van der Waals surface area contributed by atoms with Gasteiger partial charge in [0.2, 0.25) is 17.6 Å². The zero-order chi connectivity index (χ0) is 26.2. The van der Waals surface area contributed by atoms with Gasteiger partial charge in [0, 0.05) is 30.1 Å². The summed E-state index contributed by atoms with van der Waals surface area (Å²) in [5.74, 6) is 1.74. The summed E-state index contributed by atoms with van der Waals surface area (Å²) in [6, 6.07) is 18.8. The maximum atomic E-state index is 13.3. The van der Waals surface area contributed by atoms with Crippen LogP contribution in [0.3, 0.4) is 0 Å². The Bertz CT molecular complexity index is 1330. The third-order valence-corrected chi connectivity index (χ3v) is 6.16. The number of amides is 1. The van der Waals surface area contributed by atoms with Crippen LogP contribution in [0.2, 0.25) is 5.02 Å². The van der Waals surface area contributed by atoms with E-state index in [1.807, 2.05) is 30.3 Å². The van der Waals surface area contributed by atoms with Crippen molar-refractivity contribution < 1.29 is 23.2 Å². The lowest BCUT2D eigenvalue weighted by atomic mass is 10.1. The van der Waals surface area contributed by atoms with E-state index in [4.69, 9.17) is 25.6 Å². The van der Waals surface area contributed by atoms with Gasteiger partial charge in [0.05, 0.1) is 20.6 Å². The van der Waals surface area contributed by atoms with Crippen LogP contribution in [0.25, 0.3) is 11.4 Å². The number of rotatable bonds is 11. The zero-order valence-electron chi connectivity index (χ0n) is 20.6. The summed E-state index contributed by atoms with van der Waals surface area (Å²) in [7, 11) is 3.17. The molecule has 0 atom stereocenters. The largest absolute Gasteiger partial charge is 0.493 e. The van der Waals surface area contributed by atoms with Crippen molar-refractivity contribution >= 4 is 17.5 Å². The van der Waals surface area contributed by atoms with Gasteiger partial charge in [0.25, 0.3) is 0 Å². The molecule has 0 aliphatic rings. The van der Waals surface area contributed by atoms with Gasteiger partial charge >= 0.3 is 0 Å². The van der Waals surface area contributed by atoms with Crippen molar-refractivity contribution in [2.24, 2.45) is 0 Å². The summed E-state index contributed by atoms with van der Waals surface area (Å²) in [6.07, 6.45) is 1.16. The summed E-state index contributed by atoms with van der Waals surface area (Å²) in [6.45, 7) is 0.850. The molecule has 0 fully saturated rings. The maximum Gasteiger partial charge on any atom is 0.228 e. The average Bonchev–Trinajstić information content (AvgIpc) is 3.39. The molecule has 0 aliphatic heterocycles. The Morgan fingerprint density at radius 3 is 2.30 bits per heavy atom. The molecule has 0 N–H and O–H groups in total. The fraction of sp³-hybridized carbons (Fsp3) is 0.250. The molecule has 0 bridgehead atoms. The molecular formula is C28H27ClFN3O4. The first-order valence-electron chi connectivity index (χ1n) is 11.8. The minimum atomic E-state index is -0.339. The Morgan fingerprint density at radius 2 is 1.59 bits per heavy atom. The Hall–Kier alpha value is -3.91. The number of halogens is 2. The molecule has 0 saturated heterocycles. The van der Waals surface area contributed by atoms with Gasteiger partial charge in [0.1, 0.15) is 5.82 Å². The highest BCUT2D eigenvalue weighted by Crippen LogP contribution is 2.28. The molecule has 1 aromatic heterocycles. The van der Waals surface area contributed by atoms with Crippen LogP contribution in [0.15, 0.2) is 71.3 Å². The number of nitrogens with zero attached hydrogens (tertiary/aromatic N) is 3. The van der Waals surface area contributed by atoms with Gasteiger partial charge in [-0.15, -0.1) is 0 Å². The fourth-order valence-electron chi connectivity index (χ4n) is 3.85. The van der Waals surface area contributed by atoms with Crippen LogP contribution in [0, 0.1) is 5.82 Å². The number of ether oxygens (including phenoxy) is 2. The molecule has 7 nitrogen and oxygen atoms in total. The van der Waals surface area contributed by atoms with Crippen molar-refractivity contribution in [3.63, 3.8) is 0 Å². The molecule has 0 aliphatic carbocycles. The van der Waals surface area contributed by atoms with Crippen molar-refractivity contribution in [1.29, 1.82) is 0 Å². The van der Waals surface area contributed by atoms with Crippen molar-refractivity contribution in [1.82, 2.24) is 15.0 Å². The molecule has 9 heteroatoms. The SMILES string of the molecule is COc1ccc(CCN(CCc2nc(-c3ccc(Cl)cc3)no2)C(=O)Cc2ccc(F)cc2)cc1OC. The molecule has 1 amide bonds. The predicted octanol–water partition coefficient (Wildman–Crippen LogP) is 5.40. The second kappa shape index (κ2) is 12.4. The van der Waals surface area contributed by atoms with Gasteiger partial charge in [-0.05, 0) is 66.1 Å². The van der Waals surface area contributed by atoms with E-state index in [-0.39, 0.29) is 18.1 Å². The second-order valence-corrected chi connectivity index (χ2v) is 8.83. The average molecular weight is 524 g/mol. The van der Waals surface area contributed by atoms with Gasteiger partial charge in [-0.3, -0.25) is 4.79 Å². The number of hydrogen-bond acceptors (Lipinski definition) is 6. The second-order valence-electron chi connectivity index (χ2n) is 8.39. The van der Waals surface area contributed by atoms with E-state index < -0.39 is 0 Å². The molecule has 0 unspecified atom stereocenters. The summed E-state index contributed by atoms with van der Waals surface area (Å²) < 4.78 is 29.5. The van der Waals surface area contributed by atoms with E-state index in [1.54, 1.807) is 43.4 Å². The molecule has 0 radical (unpaired) electrons. The Labute approximate surface area is 219 Å². The molecule has 37 heavy (non-hydrogen) atoms. The Kier molecular flexibility index (Phi) is 8.74. The molecule has 0 saturated carbocycles. The van der Waals surface area contributed by atoms with Gasteiger partial charge in [-0.1, -0.05) is 35.0 Å². The maximum absolute atomic E-state index is 13.3. The van der Waals surface area contributed by atoms with Crippen LogP contribution in [0.4, 0.5) is 4.39 Å². The molecule has 1 heterocycles. The standard InChI is InChI=1S/C28H27ClFN3O4/c1-35-24-12-5-20(17-25(24)36-2)13-15-33(27(34)18-19-3-10-23(30)11-4-19)16-14-26-31-28(32-37-26)21-6-8-22(29)9-7-21/h3-12,17H,13-16,18H2,1-2H3. The fourth-order valence-corrected chi connectivity index (χ4v) is 3.98. The minimum Gasteiger partial charge on any atom is -0.493 e. The van der Waals surface area contributed by atoms with E-state index >= 15 is 0 Å². The van der Waals surface area contributed by atoms with Gasteiger partial charge in [0.15, 0.2) is 11.5 Å². The third-order valence-electron chi connectivity index (χ3n) is 5.91. The lowest BCUT2D eigenvalue weighted by Crippen LogP contribution is -2.36. The van der Waals surface area contributed by atoms with Crippen molar-refractivity contribution in [2.45, 2.75) is 19.3 Å². The van der Waals surface area contributed by atoms with Crippen molar-refractivity contribution in [3.05, 3.63) is 94.6 Å². The van der Waals surface area contributed by atoms with Crippen LogP contribution in [0.5, 0.6) is 11.5 Å². The zero-order valence-corrected chi connectivity index (χ0v) is 21.4. The number of carbonyl (C=O) groups is 1. The Morgan fingerprint density at radius 1 is 0.919 bits per heavy atom. The lowest BCUT2D eigenvalue weighted by Gasteiger charge is -2.22. The third kappa shape index (κ3) is 7.07. The van der Waals surface area contributed by atoms with E-state index in [1.165, 1.54) is 12.1 Å². The summed E-state index contributed by atoms with van der Waals surface area (Å²) >= 11 is 5.96. The highest BCUT2D eigenvalue weighted by Gasteiger charge is 2.17. The van der Waals surface area contributed by atoms with E-state index in [9.17, 15) is 9.18 Å². The number of methoxy groups -OCH3 is 2. The quantitative estimate of drug-likeness (QED) is 0.262. The monoisotopic (exact) mass is 523 g/mol. The number of carbonyl (C=O) groups excluding carboxylic acids is 1. The van der Waals surface area contributed by atoms with Gasteiger partial charge < -0.3 is 18.9 Å². The first-order chi connectivity index (χ1) is 17.9. The first-order valence-corrected chi connectivity index (χ1v) is 12.1. The van der Waals surface area contributed by atoms with E-state index in [0.29, 0.717) is 54.2 Å². The Balaban J connectivity index is 1.46. The minimum absolute atomic E-state index is 0.0791. The topological polar surface area (TPSA) is 77.7 Å². The molecule has 0 spiro atoms. The van der Waals surface area contributed by atoms with Crippen molar-refractivity contribution in [2.75, 3.05) is 27.3 Å². The lowest BCUT2D eigenvalue weighted by molar-refractivity contribution is -0.130. The highest BCUT2D eigenvalue weighted by molar-refractivity contribution is 6.30. The molecule has 4 rings (SSSR count). The first kappa shape index (κ1) is 26.2. The number of aromatic nitrogens is 2. The molecule has 192 valence electrons. The van der Waals surface area contributed by atoms with Gasteiger partial charge in [-0.2, -0.15) is 4.98 Å². The number of benzene rings is 3. The summed E-state index contributed by atoms with van der Waals surface area (Å²) in [5, 5.41) is 4.67. The summed E-state index contributed by atoms with van der Waals surface area (Å²) in [4.78, 5) is 19.5. The van der Waals surface area contributed by atoms with Crippen LogP contribution < -0.4 is 9.47 Å². The molecule has 4 aromatic rings. The van der Waals surface area contributed by atoms with Crippen LogP contribution in [-0.2, 0) is 24.1 Å². The molecular weight excluding hydrogens is 497 g/mol. The number of hydrogen-bond donors (Lipinski definition) is 0. The van der Waals surface area contributed by atoms with E-state index in [0.717, 1.165) is 16.7 Å². The van der Waals surface area contributed by atoms with Crippen molar-refractivity contribution in [3.8, 4) is 22.9 Å². The van der Waals surface area contributed by atoms with Crippen LogP contribution >= 0.6 is 11.6 Å². The normalized spacial score (nSPS) is 10.8. The molecule has 3 aromatic carbocycles. The van der Waals surface area contributed by atoms with Crippen LogP contribution in [0.1, 0.15) is 17.0 Å². The van der Waals surface area contributed by atoms with Crippen LogP contribution in [-0.4, -0.2) is 48.3 Å². The summed E-state index contributed by atoms with van der Waals surface area (Å²) in [5.41, 5.74) is 2.53. The van der Waals surface area contributed by atoms with E-state index in [2.05, 4.69) is 10.1 Å². The van der Waals surface area contributed by atoms with Gasteiger partial charge in [-0.25, -0.2) is 4.39 Å². The smallest absolute Gasteiger partial charge is 0.228 e. The highest BCUT2D eigenvalue weighted by atomic mass is 35.5.